The zero-order valence-electron chi connectivity index (χ0n) is 16.8. The standard InChI is InChI=1S/C22H24N4O4/c1-29-11-13-7-15(3-5-17(13)23)25-19-9-20(22(28)10-21(19)27)26-16-4-6-18(24)14(8-16)12-30-2/h3-10,25,27H,11-12,23-24H2,1-2H3. The number of nitrogen functional groups attached to an aromatic ring is 2. The van der Waals surface area contributed by atoms with E-state index in [9.17, 15) is 9.90 Å². The van der Waals surface area contributed by atoms with Crippen molar-refractivity contribution in [3.63, 3.8) is 0 Å². The number of carbonyl (C=O) groups excluding carboxylic acids is 1. The number of anilines is 3. The van der Waals surface area contributed by atoms with E-state index in [0.717, 1.165) is 17.2 Å². The average Bonchev–Trinajstić information content (AvgIpc) is 2.71. The Morgan fingerprint density at radius 2 is 1.60 bits per heavy atom. The van der Waals surface area contributed by atoms with Crippen LogP contribution in [0.4, 0.5) is 22.7 Å². The van der Waals surface area contributed by atoms with Crippen molar-refractivity contribution in [2.45, 2.75) is 13.2 Å². The van der Waals surface area contributed by atoms with Gasteiger partial charge in [0, 0.05) is 48.5 Å². The maximum atomic E-state index is 12.3. The second-order valence-electron chi connectivity index (χ2n) is 6.74. The van der Waals surface area contributed by atoms with E-state index < -0.39 is 5.78 Å². The number of carbonyl (C=O) groups is 1. The molecule has 0 bridgehead atoms. The van der Waals surface area contributed by atoms with Gasteiger partial charge in [-0.2, -0.15) is 0 Å². The Kier molecular flexibility index (Phi) is 6.51. The van der Waals surface area contributed by atoms with E-state index in [1.54, 1.807) is 44.6 Å². The lowest BCUT2D eigenvalue weighted by molar-refractivity contribution is -0.109. The molecule has 0 radical (unpaired) electrons. The number of nitrogens with two attached hydrogens (primary N) is 2. The fourth-order valence-electron chi connectivity index (χ4n) is 2.95. The van der Waals surface area contributed by atoms with Crippen LogP contribution in [0.5, 0.6) is 0 Å². The first-order valence-electron chi connectivity index (χ1n) is 9.18. The van der Waals surface area contributed by atoms with Gasteiger partial charge >= 0.3 is 0 Å². The van der Waals surface area contributed by atoms with Crippen LogP contribution in [0.2, 0.25) is 0 Å². The normalized spacial score (nSPS) is 15.1. The van der Waals surface area contributed by atoms with Gasteiger partial charge in [-0.3, -0.25) is 4.79 Å². The van der Waals surface area contributed by atoms with E-state index in [1.165, 1.54) is 6.08 Å². The first-order chi connectivity index (χ1) is 14.4. The van der Waals surface area contributed by atoms with Gasteiger partial charge in [0.25, 0.3) is 0 Å². The number of nitrogens with one attached hydrogen (secondary N) is 1. The number of ketones is 1. The molecule has 2 aromatic rings. The van der Waals surface area contributed by atoms with Crippen molar-refractivity contribution in [3.8, 4) is 0 Å². The van der Waals surface area contributed by atoms with Gasteiger partial charge in [0.1, 0.15) is 11.5 Å². The second-order valence-corrected chi connectivity index (χ2v) is 6.74. The molecule has 0 saturated heterocycles. The quantitative estimate of drug-likeness (QED) is 0.408. The van der Waals surface area contributed by atoms with Crippen molar-refractivity contribution in [1.29, 1.82) is 0 Å². The molecule has 0 amide bonds. The lowest BCUT2D eigenvalue weighted by Crippen LogP contribution is -2.18. The van der Waals surface area contributed by atoms with Crippen LogP contribution in [0.15, 0.2) is 65.0 Å². The first-order valence-corrected chi connectivity index (χ1v) is 9.18. The summed E-state index contributed by atoms with van der Waals surface area (Å²) >= 11 is 0. The van der Waals surface area contributed by atoms with Crippen LogP contribution in [-0.4, -0.2) is 30.8 Å². The zero-order valence-corrected chi connectivity index (χ0v) is 16.8. The van der Waals surface area contributed by atoms with Crippen LogP contribution >= 0.6 is 0 Å². The van der Waals surface area contributed by atoms with Crippen molar-refractivity contribution in [2.24, 2.45) is 4.99 Å². The predicted molar refractivity (Wildman–Crippen MR) is 118 cm³/mol. The smallest absolute Gasteiger partial charge is 0.208 e. The molecule has 156 valence electrons. The third-order valence-corrected chi connectivity index (χ3v) is 4.48. The highest BCUT2D eigenvalue weighted by Crippen LogP contribution is 2.25. The molecule has 0 aliphatic heterocycles. The Labute approximate surface area is 174 Å². The number of hydrogen-bond donors (Lipinski definition) is 4. The Balaban J connectivity index is 1.91. The number of aliphatic imine (C=N–C) groups is 1. The summed E-state index contributed by atoms with van der Waals surface area (Å²) in [6.45, 7) is 0.692. The lowest BCUT2D eigenvalue weighted by atomic mass is 10.1. The Hall–Kier alpha value is -3.62. The molecule has 0 heterocycles. The van der Waals surface area contributed by atoms with Crippen molar-refractivity contribution < 1.29 is 19.4 Å². The molecule has 1 aliphatic rings. The third-order valence-electron chi connectivity index (χ3n) is 4.48. The van der Waals surface area contributed by atoms with E-state index in [1.807, 2.05) is 6.07 Å². The highest BCUT2D eigenvalue weighted by Gasteiger charge is 2.19. The first kappa shape index (κ1) is 21.1. The van der Waals surface area contributed by atoms with Crippen molar-refractivity contribution in [2.75, 3.05) is 31.0 Å². The number of hydrogen-bond acceptors (Lipinski definition) is 8. The molecule has 0 saturated carbocycles. The highest BCUT2D eigenvalue weighted by molar-refractivity contribution is 6.49. The van der Waals surface area contributed by atoms with Gasteiger partial charge in [0.15, 0.2) is 0 Å². The van der Waals surface area contributed by atoms with Crippen LogP contribution in [-0.2, 0) is 27.5 Å². The highest BCUT2D eigenvalue weighted by atomic mass is 16.5. The summed E-state index contributed by atoms with van der Waals surface area (Å²) in [6.07, 6.45) is 2.62. The molecule has 1 aliphatic carbocycles. The van der Waals surface area contributed by atoms with Gasteiger partial charge < -0.3 is 31.4 Å². The molecule has 30 heavy (non-hydrogen) atoms. The van der Waals surface area contributed by atoms with E-state index in [4.69, 9.17) is 20.9 Å². The van der Waals surface area contributed by atoms with E-state index in [-0.39, 0.29) is 11.5 Å². The lowest BCUT2D eigenvalue weighted by Gasteiger charge is -2.16. The maximum Gasteiger partial charge on any atom is 0.208 e. The Morgan fingerprint density at radius 3 is 2.27 bits per heavy atom. The topological polar surface area (TPSA) is 132 Å². The molecule has 3 rings (SSSR count). The van der Waals surface area contributed by atoms with Crippen molar-refractivity contribution in [1.82, 2.24) is 0 Å². The molecule has 0 aromatic heterocycles. The Bertz CT molecular complexity index is 1060. The summed E-state index contributed by atoms with van der Waals surface area (Å²) < 4.78 is 10.3. The number of ether oxygens (including phenoxy) is 2. The van der Waals surface area contributed by atoms with E-state index in [2.05, 4.69) is 10.3 Å². The summed E-state index contributed by atoms with van der Waals surface area (Å²) in [5, 5.41) is 13.3. The van der Waals surface area contributed by atoms with Gasteiger partial charge in [0.2, 0.25) is 5.78 Å². The van der Waals surface area contributed by atoms with E-state index >= 15 is 0 Å². The van der Waals surface area contributed by atoms with Crippen molar-refractivity contribution >= 4 is 34.2 Å². The summed E-state index contributed by atoms with van der Waals surface area (Å²) in [5.41, 5.74) is 16.4. The largest absolute Gasteiger partial charge is 0.506 e. The van der Waals surface area contributed by atoms with Gasteiger partial charge in [-0.05, 0) is 42.5 Å². The predicted octanol–water partition coefficient (Wildman–Crippen LogP) is 3.24. The van der Waals surface area contributed by atoms with Crippen molar-refractivity contribution in [3.05, 3.63) is 71.1 Å². The molecular formula is C22H24N4O4. The molecule has 0 fully saturated rings. The minimum atomic E-state index is -0.402. The molecule has 0 spiro atoms. The number of nitrogens with zero attached hydrogens (tertiary/aromatic N) is 1. The van der Waals surface area contributed by atoms with Gasteiger partial charge in [0.05, 0.1) is 24.6 Å². The molecule has 8 heteroatoms. The second kappa shape index (κ2) is 9.25. The summed E-state index contributed by atoms with van der Waals surface area (Å²) in [6, 6.07) is 10.5. The fraction of sp³-hybridized carbons (Fsp3) is 0.182. The zero-order chi connectivity index (χ0) is 21.7. The minimum absolute atomic E-state index is 0.177. The van der Waals surface area contributed by atoms with Gasteiger partial charge in [-0.15, -0.1) is 0 Å². The van der Waals surface area contributed by atoms with Crippen LogP contribution in [0.1, 0.15) is 11.1 Å². The maximum absolute atomic E-state index is 12.3. The van der Waals surface area contributed by atoms with Gasteiger partial charge in [-0.1, -0.05) is 0 Å². The number of aliphatic hydroxyl groups excluding tert-OH is 1. The number of rotatable bonds is 7. The number of benzene rings is 2. The summed E-state index contributed by atoms with van der Waals surface area (Å²) in [7, 11) is 3.16. The molecule has 0 unspecified atom stereocenters. The monoisotopic (exact) mass is 408 g/mol. The summed E-state index contributed by atoms with van der Waals surface area (Å²) in [5.74, 6) is -0.581. The number of allylic oxidation sites excluding steroid dienone is 2. The third kappa shape index (κ3) is 4.86. The average molecular weight is 408 g/mol. The fourth-order valence-corrected chi connectivity index (χ4v) is 2.95. The Morgan fingerprint density at radius 1 is 0.967 bits per heavy atom. The molecule has 8 nitrogen and oxygen atoms in total. The minimum Gasteiger partial charge on any atom is -0.506 e. The number of aliphatic hydroxyl groups is 1. The van der Waals surface area contributed by atoms with Crippen LogP contribution in [0, 0.1) is 0 Å². The summed E-state index contributed by atoms with van der Waals surface area (Å²) in [4.78, 5) is 16.8. The molecule has 0 atom stereocenters. The van der Waals surface area contributed by atoms with E-state index in [0.29, 0.717) is 41.7 Å². The molecular weight excluding hydrogens is 384 g/mol. The molecule has 2 aromatic carbocycles. The van der Waals surface area contributed by atoms with Crippen LogP contribution in [0.25, 0.3) is 0 Å². The number of methoxy groups -OCH3 is 2. The van der Waals surface area contributed by atoms with Crippen LogP contribution < -0.4 is 16.8 Å². The van der Waals surface area contributed by atoms with Gasteiger partial charge in [-0.25, -0.2) is 4.99 Å². The van der Waals surface area contributed by atoms with Crippen LogP contribution in [0.3, 0.4) is 0 Å². The molecule has 6 N–H and O–H groups in total. The SMILES string of the molecule is COCc1cc(N=C2C=C(Nc3ccc(N)c(COC)c3)C(O)=CC2=O)ccc1N.